The number of ether oxygens (including phenoxy) is 1. The smallest absolute Gasteiger partial charge is 0.125 e. The van der Waals surface area contributed by atoms with E-state index >= 15 is 0 Å². The van der Waals surface area contributed by atoms with Gasteiger partial charge in [0.05, 0.1) is 6.61 Å². The van der Waals surface area contributed by atoms with Crippen molar-refractivity contribution in [2.45, 2.75) is 19.8 Å². The first-order valence-electron chi connectivity index (χ1n) is 6.30. The maximum atomic E-state index is 5.78. The summed E-state index contributed by atoms with van der Waals surface area (Å²) >= 11 is 3.59. The van der Waals surface area contributed by atoms with E-state index in [1.807, 2.05) is 13.1 Å². The Balaban J connectivity index is 2.31. The summed E-state index contributed by atoms with van der Waals surface area (Å²) in [5.74, 6) is 1.09. The highest BCUT2D eigenvalue weighted by Gasteiger charge is 2.25. The Hall–Kier alpha value is -0.800. The molecule has 98 valence electrons. The minimum absolute atomic E-state index is 0.0509. The molecule has 1 unspecified atom stereocenters. The Morgan fingerprint density at radius 2 is 2.33 bits per heavy atom. The number of hydrogen-bond donors (Lipinski definition) is 1. The Labute approximate surface area is 118 Å². The molecule has 1 aromatic carbocycles. The van der Waals surface area contributed by atoms with Gasteiger partial charge in [0.25, 0.3) is 0 Å². The van der Waals surface area contributed by atoms with Crippen LogP contribution in [0.15, 0.2) is 29.3 Å². The van der Waals surface area contributed by atoms with Crippen LogP contribution in [-0.2, 0) is 12.8 Å². The van der Waals surface area contributed by atoms with Gasteiger partial charge in [-0.25, -0.2) is 0 Å². The van der Waals surface area contributed by atoms with Crippen molar-refractivity contribution >= 4 is 15.9 Å². The van der Waals surface area contributed by atoms with Crippen LogP contribution >= 0.6 is 15.9 Å². The van der Waals surface area contributed by atoms with Crippen LogP contribution in [0.4, 0.5) is 0 Å². The zero-order chi connectivity index (χ0) is 13.2. The zero-order valence-corrected chi connectivity index (χ0v) is 12.6. The first-order valence-corrected chi connectivity index (χ1v) is 7.09. The van der Waals surface area contributed by atoms with Crippen molar-refractivity contribution in [3.63, 3.8) is 0 Å². The molecule has 1 heterocycles. The van der Waals surface area contributed by atoms with Crippen molar-refractivity contribution < 1.29 is 4.74 Å². The third-order valence-corrected chi connectivity index (χ3v) is 3.95. The second kappa shape index (κ2) is 5.45. The van der Waals surface area contributed by atoms with Crippen LogP contribution in [0.25, 0.3) is 0 Å². The van der Waals surface area contributed by atoms with Crippen LogP contribution < -0.4 is 10.1 Å². The Bertz CT molecular complexity index is 458. The molecule has 1 aromatic rings. The largest absolute Gasteiger partial charge is 0.493 e. The highest BCUT2D eigenvalue weighted by Crippen LogP contribution is 2.36. The highest BCUT2D eigenvalue weighted by molar-refractivity contribution is 9.10. The second-order valence-electron chi connectivity index (χ2n) is 5.22. The lowest BCUT2D eigenvalue weighted by atomic mass is 9.83. The van der Waals surface area contributed by atoms with Crippen molar-refractivity contribution in [3.05, 3.63) is 40.4 Å². The standard InChI is InChI=1S/C15H20BrNO/c1-4-15(2,10-17-3)9-12-8-13(16)7-11-5-6-18-14(11)12/h4,7-8,17H,1,5-6,9-10H2,2-3H3. The molecule has 0 spiro atoms. The van der Waals surface area contributed by atoms with E-state index in [-0.39, 0.29) is 5.41 Å². The summed E-state index contributed by atoms with van der Waals surface area (Å²) in [6.07, 6.45) is 3.99. The van der Waals surface area contributed by atoms with Crippen molar-refractivity contribution in [1.29, 1.82) is 0 Å². The average Bonchev–Trinajstić information content (AvgIpc) is 2.77. The minimum atomic E-state index is 0.0509. The van der Waals surface area contributed by atoms with E-state index in [1.54, 1.807) is 0 Å². The van der Waals surface area contributed by atoms with Crippen molar-refractivity contribution in [3.8, 4) is 5.75 Å². The molecule has 0 saturated carbocycles. The quantitative estimate of drug-likeness (QED) is 0.842. The SMILES string of the molecule is C=CC(C)(CNC)Cc1cc(Br)cc2c1OCC2. The van der Waals surface area contributed by atoms with Crippen molar-refractivity contribution in [2.75, 3.05) is 20.2 Å². The Morgan fingerprint density at radius 3 is 3.00 bits per heavy atom. The first-order chi connectivity index (χ1) is 8.58. The number of benzene rings is 1. The van der Waals surface area contributed by atoms with E-state index in [0.717, 1.165) is 36.2 Å². The van der Waals surface area contributed by atoms with Gasteiger partial charge in [0.1, 0.15) is 5.75 Å². The third kappa shape index (κ3) is 2.78. The van der Waals surface area contributed by atoms with E-state index < -0.39 is 0 Å². The summed E-state index contributed by atoms with van der Waals surface area (Å²) in [5.41, 5.74) is 2.64. The van der Waals surface area contributed by atoms with Gasteiger partial charge in [-0.05, 0) is 36.7 Å². The lowest BCUT2D eigenvalue weighted by molar-refractivity contribution is 0.343. The van der Waals surface area contributed by atoms with E-state index in [0.29, 0.717) is 0 Å². The molecule has 1 aliphatic rings. The highest BCUT2D eigenvalue weighted by atomic mass is 79.9. The fourth-order valence-corrected chi connectivity index (χ4v) is 3.08. The number of hydrogen-bond acceptors (Lipinski definition) is 2. The van der Waals surface area contributed by atoms with Gasteiger partial charge < -0.3 is 10.1 Å². The summed E-state index contributed by atoms with van der Waals surface area (Å²) in [4.78, 5) is 0. The van der Waals surface area contributed by atoms with Crippen molar-refractivity contribution in [2.24, 2.45) is 5.41 Å². The average molecular weight is 310 g/mol. The van der Waals surface area contributed by atoms with Crippen LogP contribution in [-0.4, -0.2) is 20.2 Å². The fourth-order valence-electron chi connectivity index (χ4n) is 2.52. The predicted octanol–water partition coefficient (Wildman–Crippen LogP) is 3.34. The maximum Gasteiger partial charge on any atom is 0.125 e. The van der Waals surface area contributed by atoms with Crippen molar-refractivity contribution in [1.82, 2.24) is 5.32 Å². The van der Waals surface area contributed by atoms with Gasteiger partial charge in [0, 0.05) is 22.9 Å². The van der Waals surface area contributed by atoms with Gasteiger partial charge in [-0.15, -0.1) is 6.58 Å². The molecular weight excluding hydrogens is 290 g/mol. The van der Waals surface area contributed by atoms with Gasteiger partial charge in [-0.3, -0.25) is 0 Å². The lowest BCUT2D eigenvalue weighted by Gasteiger charge is -2.26. The molecule has 0 radical (unpaired) electrons. The number of nitrogens with one attached hydrogen (secondary N) is 1. The molecule has 1 aliphatic heterocycles. The summed E-state index contributed by atoms with van der Waals surface area (Å²) in [6.45, 7) is 7.91. The van der Waals surface area contributed by atoms with Crippen LogP contribution in [0.5, 0.6) is 5.75 Å². The topological polar surface area (TPSA) is 21.3 Å². The number of halogens is 1. The molecule has 0 saturated heterocycles. The number of rotatable bonds is 5. The molecule has 0 aliphatic carbocycles. The minimum Gasteiger partial charge on any atom is -0.493 e. The molecule has 1 atom stereocenters. The monoisotopic (exact) mass is 309 g/mol. The molecule has 0 bridgehead atoms. The Kier molecular flexibility index (Phi) is 4.13. The van der Waals surface area contributed by atoms with Crippen LogP contribution in [0.1, 0.15) is 18.1 Å². The third-order valence-electron chi connectivity index (χ3n) is 3.49. The zero-order valence-electron chi connectivity index (χ0n) is 11.1. The van der Waals surface area contributed by atoms with Crippen LogP contribution in [0.2, 0.25) is 0 Å². The van der Waals surface area contributed by atoms with Gasteiger partial charge in [0.2, 0.25) is 0 Å². The summed E-state index contributed by atoms with van der Waals surface area (Å²) in [6, 6.07) is 4.33. The van der Waals surface area contributed by atoms with Gasteiger partial charge in [0.15, 0.2) is 0 Å². The molecule has 0 fully saturated rings. The fraction of sp³-hybridized carbons (Fsp3) is 0.467. The molecule has 3 heteroatoms. The lowest BCUT2D eigenvalue weighted by Crippen LogP contribution is -2.29. The van der Waals surface area contributed by atoms with E-state index in [1.165, 1.54) is 11.1 Å². The van der Waals surface area contributed by atoms with Gasteiger partial charge in [-0.2, -0.15) is 0 Å². The Morgan fingerprint density at radius 1 is 1.56 bits per heavy atom. The van der Waals surface area contributed by atoms with Crippen LogP contribution in [0.3, 0.4) is 0 Å². The summed E-state index contributed by atoms with van der Waals surface area (Å²) in [7, 11) is 1.98. The molecule has 0 aromatic heterocycles. The molecule has 0 amide bonds. The van der Waals surface area contributed by atoms with Gasteiger partial charge >= 0.3 is 0 Å². The molecule has 18 heavy (non-hydrogen) atoms. The molecular formula is C15H20BrNO. The number of fused-ring (bicyclic) bond motifs is 1. The second-order valence-corrected chi connectivity index (χ2v) is 6.13. The predicted molar refractivity (Wildman–Crippen MR) is 79.3 cm³/mol. The summed E-state index contributed by atoms with van der Waals surface area (Å²) in [5, 5.41) is 3.24. The van der Waals surface area contributed by atoms with Gasteiger partial charge in [-0.1, -0.05) is 28.9 Å². The maximum absolute atomic E-state index is 5.78. The summed E-state index contributed by atoms with van der Waals surface area (Å²) < 4.78 is 6.91. The van der Waals surface area contributed by atoms with Crippen LogP contribution in [0, 0.1) is 5.41 Å². The van der Waals surface area contributed by atoms with E-state index in [9.17, 15) is 0 Å². The normalized spacial score (nSPS) is 16.8. The van der Waals surface area contributed by atoms with E-state index in [4.69, 9.17) is 4.74 Å². The molecule has 2 rings (SSSR count). The molecule has 2 nitrogen and oxygen atoms in total. The first kappa shape index (κ1) is 13.6. The van der Waals surface area contributed by atoms with E-state index in [2.05, 4.69) is 46.9 Å². The molecule has 1 N–H and O–H groups in total.